The Bertz CT molecular complexity index is 337. The Morgan fingerprint density at radius 3 is 2.71 bits per heavy atom. The zero-order valence-electron chi connectivity index (χ0n) is 7.63. The van der Waals surface area contributed by atoms with E-state index in [-0.39, 0.29) is 0 Å². The molecule has 0 radical (unpaired) electrons. The topological polar surface area (TPSA) is 38.0 Å². The van der Waals surface area contributed by atoms with Crippen LogP contribution >= 0.6 is 27.5 Å². The minimum atomic E-state index is 0.374. The van der Waals surface area contributed by atoms with Crippen molar-refractivity contribution in [3.8, 4) is 0 Å². The molecule has 0 atom stereocenters. The second-order valence-corrected chi connectivity index (χ2v) is 4.99. The normalized spacial score (nSPS) is 25.6. The number of halogens is 2. The summed E-state index contributed by atoms with van der Waals surface area (Å²) in [6.07, 6.45) is 2.10. The molecule has 2 nitrogen and oxygen atoms in total. The molecule has 1 aliphatic carbocycles. The Kier molecular flexibility index (Phi) is 3.00. The standard InChI is InChI=1S/C10H12BrClN2/c11-9-3-6(12)1-2-10(9)14-8-4-7(13)5-8/h1-3,7-8,14H,4-5,13H2. The molecule has 3 N–H and O–H groups in total. The predicted molar refractivity (Wildman–Crippen MR) is 63.8 cm³/mol. The molecule has 0 amide bonds. The lowest BCUT2D eigenvalue weighted by Gasteiger charge is -2.34. The van der Waals surface area contributed by atoms with Gasteiger partial charge >= 0.3 is 0 Å². The molecule has 4 heteroatoms. The highest BCUT2D eigenvalue weighted by Crippen LogP contribution is 2.29. The van der Waals surface area contributed by atoms with Gasteiger partial charge in [0.05, 0.1) is 0 Å². The van der Waals surface area contributed by atoms with E-state index in [1.54, 1.807) is 0 Å². The Morgan fingerprint density at radius 2 is 2.14 bits per heavy atom. The smallest absolute Gasteiger partial charge is 0.0487 e. The largest absolute Gasteiger partial charge is 0.381 e. The van der Waals surface area contributed by atoms with Crippen LogP contribution in [0.4, 0.5) is 5.69 Å². The van der Waals surface area contributed by atoms with Gasteiger partial charge in [-0.25, -0.2) is 0 Å². The number of hydrogen-bond donors (Lipinski definition) is 2. The molecule has 0 unspecified atom stereocenters. The first-order valence-electron chi connectivity index (χ1n) is 4.62. The molecule has 0 heterocycles. The van der Waals surface area contributed by atoms with Crippen LogP contribution in [0.15, 0.2) is 22.7 Å². The third-order valence-corrected chi connectivity index (χ3v) is 3.36. The molecule has 0 spiro atoms. The molecule has 14 heavy (non-hydrogen) atoms. The zero-order valence-corrected chi connectivity index (χ0v) is 9.98. The summed E-state index contributed by atoms with van der Waals surface area (Å²) in [5.41, 5.74) is 6.80. The fourth-order valence-corrected chi connectivity index (χ4v) is 2.40. The molecule has 1 aliphatic rings. The van der Waals surface area contributed by atoms with E-state index < -0.39 is 0 Å². The van der Waals surface area contributed by atoms with Crippen molar-refractivity contribution in [2.75, 3.05) is 5.32 Å². The molecule has 0 aliphatic heterocycles. The van der Waals surface area contributed by atoms with Crippen molar-refractivity contribution in [2.45, 2.75) is 24.9 Å². The summed E-state index contributed by atoms with van der Waals surface area (Å²) >= 11 is 9.31. The average molecular weight is 276 g/mol. The Balaban J connectivity index is 2.02. The molecule has 0 aromatic heterocycles. The lowest BCUT2D eigenvalue weighted by Crippen LogP contribution is -2.44. The fourth-order valence-electron chi connectivity index (χ4n) is 1.61. The number of anilines is 1. The maximum atomic E-state index is 5.85. The van der Waals surface area contributed by atoms with Crippen molar-refractivity contribution in [3.63, 3.8) is 0 Å². The second kappa shape index (κ2) is 4.09. The number of rotatable bonds is 2. The van der Waals surface area contributed by atoms with Gasteiger partial charge in [0.1, 0.15) is 0 Å². The molecule has 2 rings (SSSR count). The van der Waals surface area contributed by atoms with Crippen LogP contribution in [0.2, 0.25) is 5.02 Å². The second-order valence-electron chi connectivity index (χ2n) is 3.70. The minimum absolute atomic E-state index is 0.374. The summed E-state index contributed by atoms with van der Waals surface area (Å²) in [6.45, 7) is 0. The van der Waals surface area contributed by atoms with Crippen LogP contribution in [0.3, 0.4) is 0 Å². The maximum Gasteiger partial charge on any atom is 0.0487 e. The van der Waals surface area contributed by atoms with Crippen molar-refractivity contribution < 1.29 is 0 Å². The van der Waals surface area contributed by atoms with Crippen molar-refractivity contribution >= 4 is 33.2 Å². The molecular weight excluding hydrogens is 263 g/mol. The summed E-state index contributed by atoms with van der Waals surface area (Å²) in [4.78, 5) is 0. The Morgan fingerprint density at radius 1 is 1.43 bits per heavy atom. The molecule has 1 aromatic rings. The summed E-state index contributed by atoms with van der Waals surface area (Å²) in [7, 11) is 0. The quantitative estimate of drug-likeness (QED) is 0.871. The van der Waals surface area contributed by atoms with Crippen molar-refractivity contribution in [1.29, 1.82) is 0 Å². The van der Waals surface area contributed by atoms with Gasteiger partial charge in [-0.1, -0.05) is 11.6 Å². The van der Waals surface area contributed by atoms with E-state index in [1.807, 2.05) is 18.2 Å². The van der Waals surface area contributed by atoms with Crippen molar-refractivity contribution in [1.82, 2.24) is 0 Å². The van der Waals surface area contributed by atoms with E-state index in [1.165, 1.54) is 0 Å². The third-order valence-electron chi connectivity index (χ3n) is 2.47. The van der Waals surface area contributed by atoms with Gasteiger partial charge in [0, 0.05) is 27.3 Å². The highest BCUT2D eigenvalue weighted by Gasteiger charge is 2.25. The van der Waals surface area contributed by atoms with Crippen LogP contribution in [-0.2, 0) is 0 Å². The summed E-state index contributed by atoms with van der Waals surface area (Å²) < 4.78 is 1.01. The lowest BCUT2D eigenvalue weighted by molar-refractivity contribution is 0.373. The van der Waals surface area contributed by atoms with Gasteiger partial charge in [-0.2, -0.15) is 0 Å². The molecule has 1 saturated carbocycles. The summed E-state index contributed by atoms with van der Waals surface area (Å²) in [6, 6.07) is 6.65. The van der Waals surface area contributed by atoms with Gasteiger partial charge in [0.15, 0.2) is 0 Å². The fraction of sp³-hybridized carbons (Fsp3) is 0.400. The molecule has 0 saturated heterocycles. The van der Waals surface area contributed by atoms with E-state index in [2.05, 4.69) is 21.2 Å². The highest BCUT2D eigenvalue weighted by atomic mass is 79.9. The number of benzene rings is 1. The first-order chi connectivity index (χ1) is 6.65. The number of nitrogens with two attached hydrogens (primary N) is 1. The molecular formula is C10H12BrClN2. The van der Waals surface area contributed by atoms with Gasteiger partial charge in [-0.15, -0.1) is 0 Å². The van der Waals surface area contributed by atoms with Crippen LogP contribution in [0.5, 0.6) is 0 Å². The van der Waals surface area contributed by atoms with Crippen molar-refractivity contribution in [3.05, 3.63) is 27.7 Å². The van der Waals surface area contributed by atoms with Gasteiger partial charge in [-0.05, 0) is 47.0 Å². The molecule has 1 fully saturated rings. The number of nitrogens with one attached hydrogen (secondary N) is 1. The first-order valence-corrected chi connectivity index (χ1v) is 5.79. The van der Waals surface area contributed by atoms with Crippen LogP contribution in [0, 0.1) is 0 Å². The van der Waals surface area contributed by atoms with E-state index in [0.717, 1.165) is 28.0 Å². The molecule has 0 bridgehead atoms. The lowest BCUT2D eigenvalue weighted by atomic mass is 9.87. The minimum Gasteiger partial charge on any atom is -0.381 e. The average Bonchev–Trinajstić information content (AvgIpc) is 2.06. The first kappa shape index (κ1) is 10.3. The van der Waals surface area contributed by atoms with Gasteiger partial charge < -0.3 is 11.1 Å². The highest BCUT2D eigenvalue weighted by molar-refractivity contribution is 9.10. The van der Waals surface area contributed by atoms with Gasteiger partial charge in [0.25, 0.3) is 0 Å². The SMILES string of the molecule is NC1CC(Nc2ccc(Cl)cc2Br)C1. The van der Waals surface area contributed by atoms with E-state index >= 15 is 0 Å². The monoisotopic (exact) mass is 274 g/mol. The summed E-state index contributed by atoms with van der Waals surface area (Å²) in [5, 5.41) is 4.16. The number of hydrogen-bond acceptors (Lipinski definition) is 2. The molecule has 76 valence electrons. The van der Waals surface area contributed by atoms with E-state index in [4.69, 9.17) is 17.3 Å². The van der Waals surface area contributed by atoms with Crippen LogP contribution in [-0.4, -0.2) is 12.1 Å². The van der Waals surface area contributed by atoms with Gasteiger partial charge in [0.2, 0.25) is 0 Å². The Hall–Kier alpha value is -0.250. The van der Waals surface area contributed by atoms with Crippen LogP contribution in [0.1, 0.15) is 12.8 Å². The predicted octanol–water partition coefficient (Wildman–Crippen LogP) is 3.00. The van der Waals surface area contributed by atoms with E-state index in [9.17, 15) is 0 Å². The van der Waals surface area contributed by atoms with Gasteiger partial charge in [-0.3, -0.25) is 0 Å². The van der Waals surface area contributed by atoms with E-state index in [0.29, 0.717) is 12.1 Å². The maximum absolute atomic E-state index is 5.85. The van der Waals surface area contributed by atoms with Crippen LogP contribution < -0.4 is 11.1 Å². The molecule has 1 aromatic carbocycles. The zero-order chi connectivity index (χ0) is 10.1. The third kappa shape index (κ3) is 2.22. The Labute approximate surface area is 96.9 Å². The summed E-state index contributed by atoms with van der Waals surface area (Å²) in [5.74, 6) is 0. The van der Waals surface area contributed by atoms with Crippen molar-refractivity contribution in [2.24, 2.45) is 5.73 Å². The van der Waals surface area contributed by atoms with Crippen LogP contribution in [0.25, 0.3) is 0 Å².